The first-order valence-corrected chi connectivity index (χ1v) is 10.2. The second-order valence-corrected chi connectivity index (χ2v) is 9.45. The summed E-state index contributed by atoms with van der Waals surface area (Å²) in [5, 5.41) is 0. The van der Waals surface area contributed by atoms with Crippen LogP contribution < -0.4 is 9.47 Å². The molecule has 0 radical (unpaired) electrons. The van der Waals surface area contributed by atoms with E-state index in [1.807, 2.05) is 32.9 Å². The first-order valence-electron chi connectivity index (χ1n) is 9.12. The number of benzene rings is 1. The lowest BCUT2D eigenvalue weighted by molar-refractivity contribution is 0.0593. The van der Waals surface area contributed by atoms with Crippen LogP contribution in [0.3, 0.4) is 0 Å². The zero-order chi connectivity index (χ0) is 21.2. The van der Waals surface area contributed by atoms with Crippen molar-refractivity contribution in [3.8, 4) is 11.5 Å². The van der Waals surface area contributed by atoms with Crippen molar-refractivity contribution in [2.75, 3.05) is 14.2 Å². The summed E-state index contributed by atoms with van der Waals surface area (Å²) in [6.45, 7) is 5.65. The van der Waals surface area contributed by atoms with E-state index in [1.54, 1.807) is 31.5 Å². The van der Waals surface area contributed by atoms with Gasteiger partial charge in [0.2, 0.25) is 0 Å². The molecular weight excluding hydrogens is 392 g/mol. The maximum atomic E-state index is 12.7. The van der Waals surface area contributed by atoms with E-state index in [0.717, 1.165) is 11.1 Å². The predicted octanol–water partition coefficient (Wildman–Crippen LogP) is 3.65. The minimum atomic E-state index is -1.41. The average molecular weight is 416 g/mol. The van der Waals surface area contributed by atoms with E-state index in [-0.39, 0.29) is 11.8 Å². The molecular formula is C21H24N2O5S. The van der Waals surface area contributed by atoms with Gasteiger partial charge in [-0.2, -0.15) is 0 Å². The molecule has 0 amide bonds. The summed E-state index contributed by atoms with van der Waals surface area (Å²) in [4.78, 5) is 15.8. The third-order valence-corrected chi connectivity index (χ3v) is 5.85. The van der Waals surface area contributed by atoms with Gasteiger partial charge in [0.25, 0.3) is 0 Å². The summed E-state index contributed by atoms with van der Waals surface area (Å²) in [5.41, 5.74) is 2.49. The number of methoxy groups -OCH3 is 2. The zero-order valence-electron chi connectivity index (χ0n) is 17.1. The van der Waals surface area contributed by atoms with Crippen LogP contribution in [-0.2, 0) is 16.1 Å². The molecule has 1 aliphatic heterocycles. The molecule has 2 heterocycles. The topological polar surface area (TPSA) is 93.1 Å². The lowest BCUT2D eigenvalue weighted by Gasteiger charge is -2.28. The van der Waals surface area contributed by atoms with Gasteiger partial charge in [-0.15, -0.1) is 0 Å². The molecule has 2 aromatic rings. The third-order valence-electron chi connectivity index (χ3n) is 4.42. The standard InChI is InChI=1S/C21H24N2O5S/c1-21(2,3)29(25)23-17-11-18(13-6-9-16(22-12-13)20(24)27-5)28-19-10-14(26-4)7-8-15(17)19/h6-10,12,18H,11H2,1-5H3/t18-,29?/m1/s1. The first kappa shape index (κ1) is 21.1. The fraction of sp³-hybridized carbons (Fsp3) is 0.381. The van der Waals surface area contributed by atoms with Gasteiger partial charge in [0.15, 0.2) is 0 Å². The van der Waals surface area contributed by atoms with Crippen LogP contribution in [0.2, 0.25) is 0 Å². The van der Waals surface area contributed by atoms with Crippen LogP contribution in [0.5, 0.6) is 11.5 Å². The van der Waals surface area contributed by atoms with Crippen LogP contribution >= 0.6 is 0 Å². The maximum Gasteiger partial charge on any atom is 0.356 e. The number of carbonyl (C=O) groups is 1. The van der Waals surface area contributed by atoms with Crippen molar-refractivity contribution in [1.82, 2.24) is 4.98 Å². The van der Waals surface area contributed by atoms with E-state index in [4.69, 9.17) is 9.47 Å². The Morgan fingerprint density at radius 3 is 2.62 bits per heavy atom. The highest BCUT2D eigenvalue weighted by Gasteiger charge is 2.32. The summed E-state index contributed by atoms with van der Waals surface area (Å²) in [6.07, 6.45) is 1.63. The molecule has 1 aromatic heterocycles. The van der Waals surface area contributed by atoms with Gasteiger partial charge in [-0.3, -0.25) is 0 Å². The van der Waals surface area contributed by atoms with Crippen LogP contribution in [0.15, 0.2) is 40.9 Å². The first-order chi connectivity index (χ1) is 13.7. The fourth-order valence-corrected chi connectivity index (χ4v) is 3.42. The molecule has 8 heteroatoms. The second kappa shape index (κ2) is 8.42. The number of esters is 1. The van der Waals surface area contributed by atoms with Gasteiger partial charge in [0.1, 0.15) is 45.1 Å². The van der Waals surface area contributed by atoms with Crippen molar-refractivity contribution in [2.24, 2.45) is 4.40 Å². The highest BCUT2D eigenvalue weighted by Crippen LogP contribution is 2.38. The van der Waals surface area contributed by atoms with Crippen molar-refractivity contribution >= 4 is 23.0 Å². The number of hydrogen-bond acceptors (Lipinski definition) is 7. The predicted molar refractivity (Wildman–Crippen MR) is 111 cm³/mol. The summed E-state index contributed by atoms with van der Waals surface area (Å²) >= 11 is -1.41. The third kappa shape index (κ3) is 4.71. The number of carbonyl (C=O) groups excluding carboxylic acids is 1. The van der Waals surface area contributed by atoms with Crippen molar-refractivity contribution in [1.29, 1.82) is 0 Å². The van der Waals surface area contributed by atoms with E-state index in [0.29, 0.717) is 23.6 Å². The number of nitrogens with zero attached hydrogens (tertiary/aromatic N) is 2. The van der Waals surface area contributed by atoms with E-state index in [2.05, 4.69) is 14.1 Å². The molecule has 1 aromatic carbocycles. The summed E-state index contributed by atoms with van der Waals surface area (Å²) in [6, 6.07) is 8.84. The number of rotatable bonds is 4. The molecule has 0 aliphatic carbocycles. The highest BCUT2D eigenvalue weighted by atomic mass is 32.2. The van der Waals surface area contributed by atoms with Crippen LogP contribution in [0.4, 0.5) is 0 Å². The number of aromatic nitrogens is 1. The van der Waals surface area contributed by atoms with Gasteiger partial charge in [-0.1, -0.05) is 10.5 Å². The number of pyridine rings is 1. The van der Waals surface area contributed by atoms with Gasteiger partial charge in [-0.25, -0.2) is 9.78 Å². The summed E-state index contributed by atoms with van der Waals surface area (Å²) in [7, 11) is 2.89. The molecule has 0 saturated heterocycles. The Kier molecular flexibility index (Phi) is 6.14. The van der Waals surface area contributed by atoms with Gasteiger partial charge in [0, 0.05) is 29.8 Å². The molecule has 0 fully saturated rings. The normalized spacial score (nSPS) is 18.6. The smallest absolute Gasteiger partial charge is 0.356 e. The summed E-state index contributed by atoms with van der Waals surface area (Å²) in [5.74, 6) is 0.751. The number of fused-ring (bicyclic) bond motifs is 1. The van der Waals surface area contributed by atoms with Crippen molar-refractivity contribution < 1.29 is 23.6 Å². The molecule has 154 valence electrons. The molecule has 0 N–H and O–H groups in total. The quantitative estimate of drug-likeness (QED) is 0.558. The van der Waals surface area contributed by atoms with Crippen molar-refractivity contribution in [2.45, 2.75) is 38.0 Å². The number of hydrogen-bond donors (Lipinski definition) is 0. The minimum absolute atomic E-state index is 0.219. The molecule has 0 saturated carbocycles. The average Bonchev–Trinajstić information content (AvgIpc) is 2.71. The SMILES string of the molecule is COC(=O)c1ccc([C@H]2CC(=N[S+]([O-])C(C)(C)C)c3ccc(OC)cc3O2)cn1. The Bertz CT molecular complexity index is 922. The van der Waals surface area contributed by atoms with Gasteiger partial charge < -0.3 is 18.8 Å². The molecule has 7 nitrogen and oxygen atoms in total. The molecule has 1 unspecified atom stereocenters. The van der Waals surface area contributed by atoms with E-state index >= 15 is 0 Å². The molecule has 29 heavy (non-hydrogen) atoms. The van der Waals surface area contributed by atoms with Crippen molar-refractivity contribution in [3.63, 3.8) is 0 Å². The lowest BCUT2D eigenvalue weighted by Crippen LogP contribution is -2.29. The van der Waals surface area contributed by atoms with Gasteiger partial charge >= 0.3 is 5.97 Å². The number of ether oxygens (including phenoxy) is 3. The highest BCUT2D eigenvalue weighted by molar-refractivity contribution is 7.91. The Morgan fingerprint density at radius 1 is 1.28 bits per heavy atom. The van der Waals surface area contributed by atoms with Gasteiger partial charge in [0.05, 0.1) is 14.2 Å². The Hall–Kier alpha value is -2.58. The Balaban J connectivity index is 1.99. The zero-order valence-corrected chi connectivity index (χ0v) is 17.9. The van der Waals surface area contributed by atoms with Gasteiger partial charge in [-0.05, 0) is 39.0 Å². The van der Waals surface area contributed by atoms with Crippen molar-refractivity contribution in [3.05, 3.63) is 53.3 Å². The van der Waals surface area contributed by atoms with Crippen LogP contribution in [0, 0.1) is 0 Å². The van der Waals surface area contributed by atoms with E-state index in [1.165, 1.54) is 7.11 Å². The molecule has 2 atom stereocenters. The van der Waals surface area contributed by atoms with Crippen LogP contribution in [-0.4, -0.2) is 40.2 Å². The lowest BCUT2D eigenvalue weighted by atomic mass is 9.96. The Morgan fingerprint density at radius 2 is 2.03 bits per heavy atom. The molecule has 0 spiro atoms. The van der Waals surface area contributed by atoms with E-state index in [9.17, 15) is 9.35 Å². The van der Waals surface area contributed by atoms with Crippen LogP contribution in [0.1, 0.15) is 54.9 Å². The second-order valence-electron chi connectivity index (χ2n) is 7.54. The maximum absolute atomic E-state index is 12.7. The Labute approximate surface area is 173 Å². The van der Waals surface area contributed by atoms with Crippen LogP contribution in [0.25, 0.3) is 0 Å². The largest absolute Gasteiger partial charge is 0.591 e. The minimum Gasteiger partial charge on any atom is -0.591 e. The molecule has 0 bridgehead atoms. The van der Waals surface area contributed by atoms with E-state index < -0.39 is 22.1 Å². The molecule has 1 aliphatic rings. The monoisotopic (exact) mass is 416 g/mol. The summed E-state index contributed by atoms with van der Waals surface area (Å²) < 4.78 is 32.9. The molecule has 3 rings (SSSR count). The fourth-order valence-electron chi connectivity index (χ4n) is 2.78.